The minimum Gasteiger partial charge on any atom is -0.327 e. The summed E-state index contributed by atoms with van der Waals surface area (Å²) in [5.41, 5.74) is 3.47. The average molecular weight is 361 g/mol. The second-order valence-electron chi connectivity index (χ2n) is 8.15. The number of nitrogens with zero attached hydrogens (tertiary/aromatic N) is 2. The van der Waals surface area contributed by atoms with E-state index in [0.29, 0.717) is 6.42 Å². The van der Waals surface area contributed by atoms with Gasteiger partial charge in [0.15, 0.2) is 5.78 Å². The number of carbonyl (C=O) groups is 1. The summed E-state index contributed by atoms with van der Waals surface area (Å²) >= 11 is 0. The average Bonchev–Trinajstić information content (AvgIpc) is 3.19. The minimum atomic E-state index is -0.384. The molecular weight excluding hydrogens is 332 g/mol. The van der Waals surface area contributed by atoms with Crippen LogP contribution < -0.4 is 0 Å². The van der Waals surface area contributed by atoms with Gasteiger partial charge in [0, 0.05) is 24.2 Å². The molecule has 2 aromatic carbocycles. The van der Waals surface area contributed by atoms with Crippen LogP contribution in [0.15, 0.2) is 73.3 Å². The molecule has 0 aliphatic carbocycles. The molecule has 27 heavy (non-hydrogen) atoms. The Balaban J connectivity index is 1.69. The molecule has 0 radical (unpaired) electrons. The van der Waals surface area contributed by atoms with Crippen LogP contribution in [0.5, 0.6) is 0 Å². The highest BCUT2D eigenvalue weighted by Crippen LogP contribution is 2.26. The largest absolute Gasteiger partial charge is 0.327 e. The Morgan fingerprint density at radius 1 is 0.926 bits per heavy atom. The van der Waals surface area contributed by atoms with Gasteiger partial charge in [-0.05, 0) is 29.5 Å². The summed E-state index contributed by atoms with van der Waals surface area (Å²) in [5, 5.41) is 0. The molecule has 0 amide bonds. The van der Waals surface area contributed by atoms with Gasteiger partial charge in [-0.1, -0.05) is 75.4 Å². The van der Waals surface area contributed by atoms with Gasteiger partial charge in [-0.25, -0.2) is 4.98 Å². The molecule has 0 fully saturated rings. The van der Waals surface area contributed by atoms with Gasteiger partial charge in [0.2, 0.25) is 0 Å². The monoisotopic (exact) mass is 360 g/mol. The molecule has 0 aliphatic heterocycles. The Bertz CT molecular complexity index is 844. The summed E-state index contributed by atoms with van der Waals surface area (Å²) in [6, 6.07) is 19.0. The second kappa shape index (κ2) is 8.34. The van der Waals surface area contributed by atoms with Gasteiger partial charge in [0.1, 0.15) is 0 Å². The van der Waals surface area contributed by atoms with E-state index in [1.165, 1.54) is 16.7 Å². The Morgan fingerprint density at radius 2 is 1.52 bits per heavy atom. The number of aryl methyl sites for hydroxylation is 2. The van der Waals surface area contributed by atoms with E-state index < -0.39 is 0 Å². The van der Waals surface area contributed by atoms with Crippen molar-refractivity contribution in [1.29, 1.82) is 0 Å². The van der Waals surface area contributed by atoms with Crippen molar-refractivity contribution in [2.45, 2.75) is 46.1 Å². The highest BCUT2D eigenvalue weighted by Gasteiger charge is 2.30. The molecule has 3 nitrogen and oxygen atoms in total. The molecule has 140 valence electrons. The van der Waals surface area contributed by atoms with Crippen LogP contribution >= 0.6 is 0 Å². The normalized spacial score (nSPS) is 12.7. The van der Waals surface area contributed by atoms with Crippen LogP contribution in [0.3, 0.4) is 0 Å². The van der Waals surface area contributed by atoms with Crippen LogP contribution in [0.1, 0.15) is 43.5 Å². The summed E-state index contributed by atoms with van der Waals surface area (Å²) < 4.78 is 1.93. The molecule has 0 aliphatic rings. The van der Waals surface area contributed by atoms with Crippen LogP contribution in [0.25, 0.3) is 0 Å². The number of rotatable bonds is 7. The van der Waals surface area contributed by atoms with E-state index in [0.717, 1.165) is 12.8 Å². The number of hydrogen-bond donors (Lipinski definition) is 0. The predicted octanol–water partition coefficient (Wildman–Crippen LogP) is 5.07. The number of imidazole rings is 1. The lowest BCUT2D eigenvalue weighted by atomic mass is 9.84. The van der Waals surface area contributed by atoms with Crippen LogP contribution in [0.4, 0.5) is 0 Å². The lowest BCUT2D eigenvalue weighted by Gasteiger charge is -2.25. The Hall–Kier alpha value is -2.68. The molecule has 0 saturated heterocycles. The van der Waals surface area contributed by atoms with E-state index in [2.05, 4.69) is 53.5 Å². The fraction of sp³-hybridized carbons (Fsp3) is 0.333. The summed E-state index contributed by atoms with van der Waals surface area (Å²) in [5.74, 6) is 0.230. The molecule has 1 heterocycles. The fourth-order valence-electron chi connectivity index (χ4n) is 3.29. The maximum atomic E-state index is 12.9. The van der Waals surface area contributed by atoms with Crippen LogP contribution in [-0.2, 0) is 24.1 Å². The zero-order chi connectivity index (χ0) is 19.3. The van der Waals surface area contributed by atoms with E-state index in [1.54, 1.807) is 12.5 Å². The van der Waals surface area contributed by atoms with Gasteiger partial charge in [-0.3, -0.25) is 4.79 Å². The predicted molar refractivity (Wildman–Crippen MR) is 110 cm³/mol. The standard InChI is InChI=1S/C24H28N2O/c1-24(2,3)23(27)22(26-16-15-25-18-26)17-21-13-11-20(12-14-21)10-9-19-7-5-4-6-8-19/h4-8,11-16,18,22H,9-10,17H2,1-3H3. The zero-order valence-corrected chi connectivity index (χ0v) is 16.4. The molecule has 0 N–H and O–H groups in total. The molecule has 1 atom stereocenters. The first-order valence-corrected chi connectivity index (χ1v) is 9.57. The SMILES string of the molecule is CC(C)(C)C(=O)C(Cc1ccc(CCc2ccccc2)cc1)n1ccnc1. The van der Waals surface area contributed by atoms with Crippen molar-refractivity contribution < 1.29 is 4.79 Å². The number of carbonyl (C=O) groups excluding carboxylic acids is 1. The molecule has 3 heteroatoms. The summed E-state index contributed by atoms with van der Waals surface area (Å²) in [7, 11) is 0. The Kier molecular flexibility index (Phi) is 5.90. The van der Waals surface area contributed by atoms with Crippen molar-refractivity contribution in [1.82, 2.24) is 9.55 Å². The summed E-state index contributed by atoms with van der Waals surface area (Å²) in [6.45, 7) is 5.93. The zero-order valence-electron chi connectivity index (χ0n) is 16.4. The highest BCUT2D eigenvalue weighted by molar-refractivity contribution is 5.87. The van der Waals surface area contributed by atoms with Crippen molar-refractivity contribution in [2.24, 2.45) is 5.41 Å². The van der Waals surface area contributed by atoms with Crippen LogP contribution in [0, 0.1) is 5.41 Å². The molecule has 1 unspecified atom stereocenters. The van der Waals surface area contributed by atoms with Crippen molar-refractivity contribution >= 4 is 5.78 Å². The van der Waals surface area contributed by atoms with Gasteiger partial charge in [0.25, 0.3) is 0 Å². The molecule has 3 rings (SSSR count). The number of aromatic nitrogens is 2. The van der Waals surface area contributed by atoms with Gasteiger partial charge >= 0.3 is 0 Å². The van der Waals surface area contributed by atoms with Crippen LogP contribution in [0.2, 0.25) is 0 Å². The number of hydrogen-bond acceptors (Lipinski definition) is 2. The van der Waals surface area contributed by atoms with Crippen molar-refractivity contribution in [3.63, 3.8) is 0 Å². The molecule has 0 bridgehead atoms. The lowest BCUT2D eigenvalue weighted by molar-refractivity contribution is -0.129. The number of Topliss-reactive ketones (excluding diaryl/α,β-unsaturated/α-hetero) is 1. The highest BCUT2D eigenvalue weighted by atomic mass is 16.1. The first-order valence-electron chi connectivity index (χ1n) is 9.57. The summed E-state index contributed by atoms with van der Waals surface area (Å²) in [6.07, 6.45) is 8.10. The third-order valence-corrected chi connectivity index (χ3v) is 4.92. The van der Waals surface area contributed by atoms with Gasteiger partial charge in [-0.15, -0.1) is 0 Å². The van der Waals surface area contributed by atoms with E-state index in [-0.39, 0.29) is 17.2 Å². The van der Waals surface area contributed by atoms with E-state index in [9.17, 15) is 4.79 Å². The quantitative estimate of drug-likeness (QED) is 0.590. The van der Waals surface area contributed by atoms with Crippen molar-refractivity contribution in [3.8, 4) is 0 Å². The summed E-state index contributed by atoms with van der Waals surface area (Å²) in [4.78, 5) is 17.1. The number of ketones is 1. The third-order valence-electron chi connectivity index (χ3n) is 4.92. The molecule has 0 saturated carbocycles. The minimum absolute atomic E-state index is 0.220. The smallest absolute Gasteiger partial charge is 0.161 e. The fourth-order valence-corrected chi connectivity index (χ4v) is 3.29. The van der Waals surface area contributed by atoms with Gasteiger partial charge in [0.05, 0.1) is 12.4 Å². The Labute approximate surface area is 162 Å². The lowest BCUT2D eigenvalue weighted by Crippen LogP contribution is -2.31. The maximum Gasteiger partial charge on any atom is 0.161 e. The topological polar surface area (TPSA) is 34.9 Å². The molecule has 1 aromatic heterocycles. The molecular formula is C24H28N2O. The van der Waals surface area contributed by atoms with Crippen molar-refractivity contribution in [3.05, 3.63) is 90.0 Å². The third kappa shape index (κ3) is 5.16. The van der Waals surface area contributed by atoms with E-state index in [1.807, 2.05) is 37.6 Å². The van der Waals surface area contributed by atoms with Crippen molar-refractivity contribution in [2.75, 3.05) is 0 Å². The van der Waals surface area contributed by atoms with E-state index >= 15 is 0 Å². The first kappa shape index (κ1) is 19.1. The molecule has 3 aromatic rings. The molecule has 0 spiro atoms. The first-order chi connectivity index (χ1) is 12.9. The second-order valence-corrected chi connectivity index (χ2v) is 8.15. The number of benzene rings is 2. The van der Waals surface area contributed by atoms with Gasteiger partial charge in [-0.2, -0.15) is 0 Å². The van der Waals surface area contributed by atoms with Gasteiger partial charge < -0.3 is 4.57 Å². The Morgan fingerprint density at radius 3 is 2.07 bits per heavy atom. The van der Waals surface area contributed by atoms with Crippen LogP contribution in [-0.4, -0.2) is 15.3 Å². The maximum absolute atomic E-state index is 12.9. The van der Waals surface area contributed by atoms with E-state index in [4.69, 9.17) is 0 Å².